The first-order chi connectivity index (χ1) is 13.1. The van der Waals surface area contributed by atoms with Gasteiger partial charge in [0.1, 0.15) is 36.3 Å². The number of hydrogen-bond donors (Lipinski definition) is 4. The molecule has 1 unspecified atom stereocenters. The molecule has 3 aromatic rings. The third kappa shape index (κ3) is 3.55. The highest BCUT2D eigenvalue weighted by molar-refractivity contribution is 7.20. The van der Waals surface area contributed by atoms with E-state index in [9.17, 15) is 20.4 Å². The Morgan fingerprint density at radius 2 is 1.81 bits per heavy atom. The Bertz CT molecular complexity index is 896. The van der Waals surface area contributed by atoms with Crippen LogP contribution in [0, 0.1) is 0 Å². The van der Waals surface area contributed by atoms with Crippen LogP contribution in [0.1, 0.15) is 11.7 Å². The Morgan fingerprint density at radius 3 is 2.59 bits per heavy atom. The molecule has 8 heteroatoms. The van der Waals surface area contributed by atoms with E-state index < -0.39 is 37.1 Å². The second kappa shape index (κ2) is 7.51. The van der Waals surface area contributed by atoms with Gasteiger partial charge < -0.3 is 29.9 Å². The molecule has 4 rings (SSSR count). The molecular weight excluding hydrogens is 370 g/mol. The molecule has 0 radical (unpaired) electrons. The summed E-state index contributed by atoms with van der Waals surface area (Å²) in [5.74, 6) is 0.503. The lowest BCUT2D eigenvalue weighted by Crippen LogP contribution is -2.55. The number of rotatable bonds is 4. The first-order valence-corrected chi connectivity index (χ1v) is 9.32. The van der Waals surface area contributed by atoms with Crippen molar-refractivity contribution in [2.24, 2.45) is 0 Å². The van der Waals surface area contributed by atoms with E-state index in [1.54, 1.807) is 24.3 Å². The van der Waals surface area contributed by atoms with Gasteiger partial charge in [-0.2, -0.15) is 0 Å². The quantitative estimate of drug-likeness (QED) is 0.536. The number of aromatic nitrogens is 1. The Balaban J connectivity index is 1.58. The lowest BCUT2D eigenvalue weighted by molar-refractivity contribution is -0.231. The van der Waals surface area contributed by atoms with Crippen LogP contribution in [0.2, 0.25) is 0 Å². The van der Waals surface area contributed by atoms with Crippen molar-refractivity contribution in [3.63, 3.8) is 0 Å². The highest BCUT2D eigenvalue weighted by atomic mass is 32.1. The summed E-state index contributed by atoms with van der Waals surface area (Å²) in [6.45, 7) is -0.469. The van der Waals surface area contributed by atoms with Crippen molar-refractivity contribution in [2.75, 3.05) is 6.61 Å². The summed E-state index contributed by atoms with van der Waals surface area (Å²) in [5.41, 5.74) is 1.41. The van der Waals surface area contributed by atoms with Gasteiger partial charge in [-0.3, -0.25) is 0 Å². The van der Waals surface area contributed by atoms with E-state index in [4.69, 9.17) is 9.47 Å². The number of thiazole rings is 1. The fraction of sp³-hybridized carbons (Fsp3) is 0.316. The normalized spacial score (nSPS) is 28.4. The van der Waals surface area contributed by atoms with Gasteiger partial charge in [0.2, 0.25) is 0 Å². The number of fused-ring (bicyclic) bond motifs is 1. The topological polar surface area (TPSA) is 112 Å². The van der Waals surface area contributed by atoms with Crippen molar-refractivity contribution >= 4 is 21.6 Å². The Kier molecular flexibility index (Phi) is 5.09. The minimum Gasteiger partial charge on any atom is -0.431 e. The highest BCUT2D eigenvalue weighted by Gasteiger charge is 2.43. The number of hydrogen-bond acceptors (Lipinski definition) is 8. The molecule has 1 fully saturated rings. The highest BCUT2D eigenvalue weighted by Crippen LogP contribution is 2.36. The molecule has 1 saturated heterocycles. The molecule has 2 aromatic carbocycles. The maximum absolute atomic E-state index is 10.3. The molecule has 1 aliphatic rings. The number of para-hydroxylation sites is 1. The van der Waals surface area contributed by atoms with Crippen LogP contribution in [-0.2, 0) is 4.74 Å². The van der Waals surface area contributed by atoms with Crippen molar-refractivity contribution in [3.05, 3.63) is 54.1 Å². The molecule has 0 saturated carbocycles. The number of ether oxygens (including phenoxy) is 2. The second-order valence-corrected chi connectivity index (χ2v) is 7.36. The van der Waals surface area contributed by atoms with Crippen LogP contribution in [0.4, 0.5) is 0 Å². The standard InChI is InChI=1S/C19H19NO6S/c21-9-13-15(22)16(23)17(24)18(26-13)10-4-3-5-11(8-10)25-19-20-12-6-1-2-7-14(12)27-19/h1-8,13,15-18,21-24H,9H2/t13-,15-,16+,17+,18?/m1/s1. The average Bonchev–Trinajstić information content (AvgIpc) is 3.09. The van der Waals surface area contributed by atoms with Crippen LogP contribution in [0.3, 0.4) is 0 Å². The van der Waals surface area contributed by atoms with Crippen LogP contribution in [0.15, 0.2) is 48.5 Å². The van der Waals surface area contributed by atoms with Gasteiger partial charge in [0.15, 0.2) is 0 Å². The van der Waals surface area contributed by atoms with Crippen molar-refractivity contribution in [2.45, 2.75) is 30.5 Å². The van der Waals surface area contributed by atoms with Gasteiger partial charge in [0.25, 0.3) is 5.19 Å². The van der Waals surface area contributed by atoms with E-state index in [0.29, 0.717) is 16.5 Å². The third-order valence-corrected chi connectivity index (χ3v) is 5.47. The van der Waals surface area contributed by atoms with Crippen LogP contribution < -0.4 is 4.74 Å². The van der Waals surface area contributed by atoms with Gasteiger partial charge in [0.05, 0.1) is 16.8 Å². The second-order valence-electron chi connectivity index (χ2n) is 6.37. The number of nitrogens with zero attached hydrogens (tertiary/aromatic N) is 1. The molecule has 1 aromatic heterocycles. The first-order valence-electron chi connectivity index (χ1n) is 8.50. The van der Waals surface area contributed by atoms with Gasteiger partial charge in [-0.1, -0.05) is 35.6 Å². The van der Waals surface area contributed by atoms with E-state index >= 15 is 0 Å². The zero-order valence-electron chi connectivity index (χ0n) is 14.2. The first kappa shape index (κ1) is 18.3. The molecule has 2 heterocycles. The van der Waals surface area contributed by atoms with Crippen LogP contribution in [-0.4, -0.2) is 56.4 Å². The predicted molar refractivity (Wildman–Crippen MR) is 98.9 cm³/mol. The monoisotopic (exact) mass is 389 g/mol. The van der Waals surface area contributed by atoms with Crippen molar-refractivity contribution in [1.29, 1.82) is 0 Å². The molecule has 0 spiro atoms. The predicted octanol–water partition coefficient (Wildman–Crippen LogP) is 1.60. The minimum absolute atomic E-state index is 0.469. The number of aliphatic hydroxyl groups is 4. The molecule has 0 aliphatic carbocycles. The van der Waals surface area contributed by atoms with E-state index in [1.165, 1.54) is 11.3 Å². The van der Waals surface area contributed by atoms with Crippen molar-refractivity contribution in [1.82, 2.24) is 4.98 Å². The van der Waals surface area contributed by atoms with Gasteiger partial charge in [-0.05, 0) is 29.8 Å². The van der Waals surface area contributed by atoms with Gasteiger partial charge in [-0.15, -0.1) is 0 Å². The summed E-state index contributed by atoms with van der Waals surface area (Å²) in [4.78, 5) is 4.42. The smallest absolute Gasteiger partial charge is 0.279 e. The third-order valence-electron chi connectivity index (χ3n) is 4.56. The van der Waals surface area contributed by atoms with Crippen molar-refractivity contribution in [3.8, 4) is 10.9 Å². The summed E-state index contributed by atoms with van der Waals surface area (Å²) in [7, 11) is 0. The summed E-state index contributed by atoms with van der Waals surface area (Å²) in [6, 6.07) is 14.6. The largest absolute Gasteiger partial charge is 0.431 e. The Hall–Kier alpha value is -2.07. The lowest BCUT2D eigenvalue weighted by Gasteiger charge is -2.40. The van der Waals surface area contributed by atoms with Gasteiger partial charge in [-0.25, -0.2) is 4.98 Å². The van der Waals surface area contributed by atoms with Crippen LogP contribution in [0.25, 0.3) is 10.2 Å². The zero-order valence-corrected chi connectivity index (χ0v) is 15.0. The molecule has 4 N–H and O–H groups in total. The zero-order chi connectivity index (χ0) is 19.0. The molecule has 7 nitrogen and oxygen atoms in total. The summed E-state index contributed by atoms with van der Waals surface area (Å²) < 4.78 is 12.4. The van der Waals surface area contributed by atoms with E-state index in [1.807, 2.05) is 24.3 Å². The van der Waals surface area contributed by atoms with Crippen LogP contribution in [0.5, 0.6) is 10.9 Å². The molecule has 5 atom stereocenters. The number of aliphatic hydroxyl groups excluding tert-OH is 4. The molecular formula is C19H19NO6S. The van der Waals surface area contributed by atoms with E-state index in [2.05, 4.69) is 4.98 Å². The van der Waals surface area contributed by atoms with E-state index in [-0.39, 0.29) is 0 Å². The molecule has 0 amide bonds. The molecule has 0 bridgehead atoms. The average molecular weight is 389 g/mol. The Labute approximate surface area is 159 Å². The van der Waals surface area contributed by atoms with Gasteiger partial charge >= 0.3 is 0 Å². The van der Waals surface area contributed by atoms with E-state index in [0.717, 1.165) is 10.2 Å². The van der Waals surface area contributed by atoms with Crippen molar-refractivity contribution < 1.29 is 29.9 Å². The van der Waals surface area contributed by atoms with Crippen LogP contribution >= 0.6 is 11.3 Å². The lowest BCUT2D eigenvalue weighted by atomic mass is 9.91. The maximum Gasteiger partial charge on any atom is 0.279 e. The Morgan fingerprint density at radius 1 is 1.00 bits per heavy atom. The fourth-order valence-corrected chi connectivity index (χ4v) is 3.96. The fourth-order valence-electron chi connectivity index (χ4n) is 3.13. The maximum atomic E-state index is 10.3. The molecule has 142 valence electrons. The molecule has 27 heavy (non-hydrogen) atoms. The SMILES string of the molecule is OC[C@H]1OC(c2cccc(Oc3nc4ccccc4s3)c2)[C@@H](O)[C@@H](O)[C@@H]1O. The summed E-state index contributed by atoms with van der Waals surface area (Å²) in [5, 5.41) is 40.0. The number of benzene rings is 2. The molecule has 1 aliphatic heterocycles. The summed E-state index contributed by atoms with van der Waals surface area (Å²) in [6.07, 6.45) is -6.00. The summed E-state index contributed by atoms with van der Waals surface area (Å²) >= 11 is 1.42. The van der Waals surface area contributed by atoms with Gasteiger partial charge in [0, 0.05) is 0 Å². The minimum atomic E-state index is -1.42.